The normalized spacial score (nSPS) is 22.0. The Hall–Kier alpha value is -1.57. The first-order valence-corrected chi connectivity index (χ1v) is 6.89. The summed E-state index contributed by atoms with van der Waals surface area (Å²) in [7, 11) is 0. The van der Waals surface area contributed by atoms with Crippen LogP contribution in [0.2, 0.25) is 0 Å². The third-order valence-corrected chi connectivity index (χ3v) is 3.96. The van der Waals surface area contributed by atoms with Crippen molar-refractivity contribution >= 4 is 11.6 Å². The van der Waals surface area contributed by atoms with E-state index in [4.69, 9.17) is 0 Å². The second-order valence-electron chi connectivity index (χ2n) is 5.25. The fourth-order valence-electron chi connectivity index (χ4n) is 2.99. The molecule has 2 heteroatoms. The predicted octanol–water partition coefficient (Wildman–Crippen LogP) is 3.32. The van der Waals surface area contributed by atoms with Gasteiger partial charge in [0.2, 0.25) is 5.91 Å². The molecule has 1 atom stereocenters. The maximum atomic E-state index is 12.4. The number of nitrogens with zero attached hydrogens (tertiary/aromatic N) is 1. The van der Waals surface area contributed by atoms with Crippen LogP contribution in [-0.2, 0) is 11.2 Å². The van der Waals surface area contributed by atoms with Crippen LogP contribution in [0.15, 0.2) is 36.4 Å². The third kappa shape index (κ3) is 2.20. The fraction of sp³-hybridized carbons (Fsp3) is 0.438. The van der Waals surface area contributed by atoms with Gasteiger partial charge < -0.3 is 4.90 Å². The van der Waals surface area contributed by atoms with Gasteiger partial charge in [0.05, 0.1) is 0 Å². The van der Waals surface area contributed by atoms with E-state index in [2.05, 4.69) is 30.4 Å². The van der Waals surface area contributed by atoms with Crippen LogP contribution >= 0.6 is 0 Å². The Morgan fingerprint density at radius 2 is 2.22 bits per heavy atom. The molecule has 0 spiro atoms. The smallest absolute Gasteiger partial charge is 0.227 e. The molecule has 3 rings (SSSR count). The molecule has 1 unspecified atom stereocenters. The lowest BCUT2D eigenvalue weighted by Gasteiger charge is -2.30. The van der Waals surface area contributed by atoms with Gasteiger partial charge in [-0.25, -0.2) is 0 Å². The molecular formula is C16H19NO. The zero-order valence-corrected chi connectivity index (χ0v) is 10.6. The summed E-state index contributed by atoms with van der Waals surface area (Å²) in [6, 6.07) is 8.31. The maximum absolute atomic E-state index is 12.4. The van der Waals surface area contributed by atoms with Gasteiger partial charge in [0.25, 0.3) is 0 Å². The average Bonchev–Trinajstić information content (AvgIpc) is 2.91. The van der Waals surface area contributed by atoms with Gasteiger partial charge in [-0.3, -0.25) is 4.79 Å². The summed E-state index contributed by atoms with van der Waals surface area (Å²) in [4.78, 5) is 14.4. The lowest BCUT2D eigenvalue weighted by atomic mass is 9.99. The van der Waals surface area contributed by atoms with Crippen molar-refractivity contribution in [2.24, 2.45) is 5.92 Å². The Balaban J connectivity index is 1.76. The Labute approximate surface area is 108 Å². The molecule has 0 fully saturated rings. The predicted molar refractivity (Wildman–Crippen MR) is 73.6 cm³/mol. The Morgan fingerprint density at radius 1 is 1.33 bits per heavy atom. The minimum atomic E-state index is 0.290. The summed E-state index contributed by atoms with van der Waals surface area (Å²) < 4.78 is 0. The van der Waals surface area contributed by atoms with Crippen LogP contribution in [-0.4, -0.2) is 12.5 Å². The van der Waals surface area contributed by atoms with Crippen LogP contribution < -0.4 is 4.90 Å². The summed E-state index contributed by atoms with van der Waals surface area (Å²) in [5, 5.41) is 0. The van der Waals surface area contributed by atoms with E-state index >= 15 is 0 Å². The highest BCUT2D eigenvalue weighted by atomic mass is 16.2. The van der Waals surface area contributed by atoms with E-state index in [1.54, 1.807) is 0 Å². The minimum absolute atomic E-state index is 0.290. The molecule has 0 radical (unpaired) electrons. The van der Waals surface area contributed by atoms with E-state index in [0.717, 1.165) is 37.9 Å². The number of rotatable bonds is 2. The van der Waals surface area contributed by atoms with Gasteiger partial charge in [0.15, 0.2) is 0 Å². The summed E-state index contributed by atoms with van der Waals surface area (Å²) in [5.41, 5.74) is 2.45. The molecule has 1 aromatic rings. The van der Waals surface area contributed by atoms with Gasteiger partial charge >= 0.3 is 0 Å². The summed E-state index contributed by atoms with van der Waals surface area (Å²) in [6.07, 6.45) is 9.53. The van der Waals surface area contributed by atoms with Crippen molar-refractivity contribution in [2.75, 3.05) is 11.4 Å². The summed E-state index contributed by atoms with van der Waals surface area (Å²) in [6.45, 7) is 0.881. The highest BCUT2D eigenvalue weighted by molar-refractivity contribution is 5.94. The Morgan fingerprint density at radius 3 is 3.06 bits per heavy atom. The molecule has 1 aliphatic carbocycles. The van der Waals surface area contributed by atoms with E-state index < -0.39 is 0 Å². The zero-order chi connectivity index (χ0) is 12.4. The summed E-state index contributed by atoms with van der Waals surface area (Å²) >= 11 is 0. The minimum Gasteiger partial charge on any atom is -0.312 e. The molecule has 1 heterocycles. The van der Waals surface area contributed by atoms with Crippen LogP contribution in [0.1, 0.15) is 31.2 Å². The van der Waals surface area contributed by atoms with E-state index in [-0.39, 0.29) is 0 Å². The molecular weight excluding hydrogens is 222 g/mol. The largest absolute Gasteiger partial charge is 0.312 e. The van der Waals surface area contributed by atoms with Crippen molar-refractivity contribution in [3.05, 3.63) is 42.0 Å². The van der Waals surface area contributed by atoms with Crippen molar-refractivity contribution in [3.8, 4) is 0 Å². The van der Waals surface area contributed by atoms with E-state index in [0.29, 0.717) is 18.2 Å². The second-order valence-corrected chi connectivity index (χ2v) is 5.25. The van der Waals surface area contributed by atoms with Crippen LogP contribution in [0.5, 0.6) is 0 Å². The summed E-state index contributed by atoms with van der Waals surface area (Å²) in [5.74, 6) is 0.755. The lowest BCUT2D eigenvalue weighted by molar-refractivity contribution is -0.119. The van der Waals surface area contributed by atoms with Gasteiger partial charge in [-0.2, -0.15) is 0 Å². The van der Waals surface area contributed by atoms with Gasteiger partial charge in [0.1, 0.15) is 0 Å². The molecule has 0 saturated heterocycles. The third-order valence-electron chi connectivity index (χ3n) is 3.96. The highest BCUT2D eigenvalue weighted by Crippen LogP contribution is 2.29. The topological polar surface area (TPSA) is 20.3 Å². The van der Waals surface area contributed by atoms with Crippen molar-refractivity contribution in [1.82, 2.24) is 0 Å². The van der Waals surface area contributed by atoms with Crippen LogP contribution in [0.25, 0.3) is 0 Å². The molecule has 1 aliphatic heterocycles. The molecule has 18 heavy (non-hydrogen) atoms. The maximum Gasteiger partial charge on any atom is 0.227 e. The van der Waals surface area contributed by atoms with Crippen molar-refractivity contribution in [3.63, 3.8) is 0 Å². The zero-order valence-electron chi connectivity index (χ0n) is 10.6. The monoisotopic (exact) mass is 241 g/mol. The fourth-order valence-corrected chi connectivity index (χ4v) is 2.99. The van der Waals surface area contributed by atoms with Crippen LogP contribution in [0, 0.1) is 5.92 Å². The Bertz CT molecular complexity index is 478. The number of benzene rings is 1. The SMILES string of the molecule is O=C(CC1C=CCC1)N1CCCc2ccccc21. The number of hydrogen-bond acceptors (Lipinski definition) is 1. The van der Waals surface area contributed by atoms with Gasteiger partial charge in [-0.15, -0.1) is 0 Å². The van der Waals surface area contributed by atoms with E-state index in [9.17, 15) is 4.79 Å². The number of allylic oxidation sites excluding steroid dienone is 2. The molecule has 0 aromatic heterocycles. The number of hydrogen-bond donors (Lipinski definition) is 0. The molecule has 1 aromatic carbocycles. The molecule has 0 bridgehead atoms. The Kier molecular flexibility index (Phi) is 3.18. The molecule has 94 valence electrons. The van der Waals surface area contributed by atoms with E-state index in [1.807, 2.05) is 11.0 Å². The van der Waals surface area contributed by atoms with Gasteiger partial charge in [0, 0.05) is 18.7 Å². The molecule has 2 nitrogen and oxygen atoms in total. The number of fused-ring (bicyclic) bond motifs is 1. The van der Waals surface area contributed by atoms with Gasteiger partial charge in [-0.05, 0) is 43.2 Å². The lowest BCUT2D eigenvalue weighted by Crippen LogP contribution is -2.36. The highest BCUT2D eigenvalue weighted by Gasteiger charge is 2.24. The number of aryl methyl sites for hydroxylation is 1. The van der Waals surface area contributed by atoms with Crippen molar-refractivity contribution in [1.29, 1.82) is 0 Å². The molecule has 0 saturated carbocycles. The van der Waals surface area contributed by atoms with Gasteiger partial charge in [-0.1, -0.05) is 30.4 Å². The molecule has 0 N–H and O–H groups in total. The number of para-hydroxylation sites is 1. The number of carbonyl (C=O) groups excluding carboxylic acids is 1. The first-order chi connectivity index (χ1) is 8.84. The number of carbonyl (C=O) groups is 1. The molecule has 2 aliphatic rings. The standard InChI is InChI=1S/C16H19NO/c18-16(12-13-6-1-2-7-13)17-11-5-9-14-8-3-4-10-15(14)17/h1,3-4,6,8,10,13H,2,5,7,9,11-12H2. The number of anilines is 1. The molecule has 1 amide bonds. The second kappa shape index (κ2) is 4.97. The quantitative estimate of drug-likeness (QED) is 0.727. The average molecular weight is 241 g/mol. The van der Waals surface area contributed by atoms with Crippen LogP contribution in [0.3, 0.4) is 0 Å². The van der Waals surface area contributed by atoms with Crippen molar-refractivity contribution < 1.29 is 4.79 Å². The van der Waals surface area contributed by atoms with Crippen molar-refractivity contribution in [2.45, 2.75) is 32.1 Å². The van der Waals surface area contributed by atoms with Crippen LogP contribution in [0.4, 0.5) is 5.69 Å². The first kappa shape index (κ1) is 11.5. The number of amides is 1. The van der Waals surface area contributed by atoms with E-state index in [1.165, 1.54) is 5.56 Å². The first-order valence-electron chi connectivity index (χ1n) is 6.89.